The predicted molar refractivity (Wildman–Crippen MR) is 100.0 cm³/mol. The number of aromatic nitrogens is 2. The zero-order valence-corrected chi connectivity index (χ0v) is 15.7. The number of benzene rings is 1. The van der Waals surface area contributed by atoms with Gasteiger partial charge in [0.05, 0.1) is 11.4 Å². The summed E-state index contributed by atoms with van der Waals surface area (Å²) in [6, 6.07) is 6.29. The Balaban J connectivity index is 1.65. The molecule has 1 N–H and O–H groups in total. The maximum atomic E-state index is 12.2. The Labute approximate surface area is 151 Å². The lowest BCUT2D eigenvalue weighted by Gasteiger charge is -2.04. The van der Waals surface area contributed by atoms with E-state index in [0.29, 0.717) is 18.0 Å². The Bertz CT molecular complexity index is 892. The van der Waals surface area contributed by atoms with Gasteiger partial charge in [0, 0.05) is 22.9 Å². The van der Waals surface area contributed by atoms with Gasteiger partial charge < -0.3 is 9.84 Å². The van der Waals surface area contributed by atoms with E-state index >= 15 is 0 Å². The molecule has 5 nitrogen and oxygen atoms in total. The van der Waals surface area contributed by atoms with E-state index in [9.17, 15) is 4.79 Å². The third-order valence-electron chi connectivity index (χ3n) is 4.20. The van der Waals surface area contributed by atoms with Crippen LogP contribution in [0.5, 0.6) is 0 Å². The minimum absolute atomic E-state index is 0.0538. The van der Waals surface area contributed by atoms with Crippen LogP contribution in [0.3, 0.4) is 0 Å². The topological polar surface area (TPSA) is 68.0 Å². The molecule has 0 saturated heterocycles. The minimum atomic E-state index is -0.0538. The number of rotatable bonds is 5. The second-order valence-corrected chi connectivity index (χ2v) is 7.07. The van der Waals surface area contributed by atoms with Gasteiger partial charge in [0.1, 0.15) is 5.76 Å². The number of hydrogen-bond acceptors (Lipinski definition) is 5. The van der Waals surface area contributed by atoms with Crippen LogP contribution in [0.15, 0.2) is 28.1 Å². The molecular weight excluding hydrogens is 334 g/mol. The maximum absolute atomic E-state index is 12.2. The highest BCUT2D eigenvalue weighted by Gasteiger charge is 2.13. The van der Waals surface area contributed by atoms with Gasteiger partial charge in [-0.25, -0.2) is 4.98 Å². The SMILES string of the molecule is Cc1ccc(C)c(-c2csc(NC(=O)CCc3c(C)noc3C)n2)c1. The highest BCUT2D eigenvalue weighted by molar-refractivity contribution is 7.14. The molecule has 2 heterocycles. The first-order valence-electron chi connectivity index (χ1n) is 8.19. The van der Waals surface area contributed by atoms with Crippen LogP contribution in [0.1, 0.15) is 34.6 Å². The number of carbonyl (C=O) groups is 1. The number of nitrogens with one attached hydrogen (secondary N) is 1. The molecule has 3 aromatic rings. The zero-order chi connectivity index (χ0) is 18.0. The summed E-state index contributed by atoms with van der Waals surface area (Å²) < 4.78 is 5.13. The lowest BCUT2D eigenvalue weighted by atomic mass is 10.0. The lowest BCUT2D eigenvalue weighted by molar-refractivity contribution is -0.116. The number of carbonyl (C=O) groups excluding carboxylic acids is 1. The van der Waals surface area contributed by atoms with Gasteiger partial charge >= 0.3 is 0 Å². The molecule has 1 amide bonds. The van der Waals surface area contributed by atoms with Crippen LogP contribution >= 0.6 is 11.3 Å². The average molecular weight is 355 g/mol. The van der Waals surface area contributed by atoms with Crippen LogP contribution in [-0.4, -0.2) is 16.0 Å². The molecular formula is C19H21N3O2S. The Hall–Kier alpha value is -2.47. The van der Waals surface area contributed by atoms with Gasteiger partial charge in [0.25, 0.3) is 0 Å². The lowest BCUT2D eigenvalue weighted by Crippen LogP contribution is -2.12. The smallest absolute Gasteiger partial charge is 0.226 e. The standard InChI is InChI=1S/C19H21N3O2S/c1-11-5-6-12(2)16(9-11)17-10-25-19(20-17)21-18(23)8-7-15-13(3)22-24-14(15)4/h5-6,9-10H,7-8H2,1-4H3,(H,20,21,23). The second kappa shape index (κ2) is 7.19. The summed E-state index contributed by atoms with van der Waals surface area (Å²) in [6.07, 6.45) is 0.990. The van der Waals surface area contributed by atoms with Gasteiger partial charge in [-0.2, -0.15) is 0 Å². The highest BCUT2D eigenvalue weighted by Crippen LogP contribution is 2.28. The maximum Gasteiger partial charge on any atom is 0.226 e. The number of anilines is 1. The fourth-order valence-corrected chi connectivity index (χ4v) is 3.47. The second-order valence-electron chi connectivity index (χ2n) is 6.21. The summed E-state index contributed by atoms with van der Waals surface area (Å²) >= 11 is 1.44. The van der Waals surface area contributed by atoms with Crippen LogP contribution in [-0.2, 0) is 11.2 Å². The fourth-order valence-electron chi connectivity index (χ4n) is 2.75. The van der Waals surface area contributed by atoms with Crippen molar-refractivity contribution in [2.24, 2.45) is 0 Å². The van der Waals surface area contributed by atoms with Gasteiger partial charge in [-0.05, 0) is 45.7 Å². The monoisotopic (exact) mass is 355 g/mol. The molecule has 3 rings (SSSR count). The summed E-state index contributed by atoms with van der Waals surface area (Å²) in [6.45, 7) is 7.88. The summed E-state index contributed by atoms with van der Waals surface area (Å²) in [4.78, 5) is 16.8. The van der Waals surface area contributed by atoms with E-state index in [4.69, 9.17) is 4.52 Å². The average Bonchev–Trinajstić information content (AvgIpc) is 3.15. The van der Waals surface area contributed by atoms with Crippen molar-refractivity contribution in [1.82, 2.24) is 10.1 Å². The molecule has 0 saturated carbocycles. The van der Waals surface area contributed by atoms with Crippen molar-refractivity contribution in [1.29, 1.82) is 0 Å². The Kier molecular flexibility index (Phi) is 4.99. The van der Waals surface area contributed by atoms with E-state index in [2.05, 4.69) is 47.5 Å². The Morgan fingerprint density at radius 2 is 2.04 bits per heavy atom. The number of thiazole rings is 1. The summed E-state index contributed by atoms with van der Waals surface area (Å²) in [7, 11) is 0. The Morgan fingerprint density at radius 3 is 2.76 bits per heavy atom. The molecule has 0 radical (unpaired) electrons. The van der Waals surface area contributed by atoms with Crippen LogP contribution in [0.2, 0.25) is 0 Å². The minimum Gasteiger partial charge on any atom is -0.361 e. The molecule has 6 heteroatoms. The van der Waals surface area contributed by atoms with Crippen molar-refractivity contribution >= 4 is 22.4 Å². The first kappa shape index (κ1) is 17.4. The van der Waals surface area contributed by atoms with Crippen molar-refractivity contribution in [2.45, 2.75) is 40.5 Å². The molecule has 0 bridgehead atoms. The number of hydrogen-bond donors (Lipinski definition) is 1. The van der Waals surface area contributed by atoms with E-state index < -0.39 is 0 Å². The number of aryl methyl sites for hydroxylation is 4. The van der Waals surface area contributed by atoms with E-state index in [1.165, 1.54) is 22.5 Å². The van der Waals surface area contributed by atoms with Crippen LogP contribution in [0.4, 0.5) is 5.13 Å². The normalized spacial score (nSPS) is 10.9. The molecule has 25 heavy (non-hydrogen) atoms. The largest absolute Gasteiger partial charge is 0.361 e. The molecule has 0 unspecified atom stereocenters. The van der Waals surface area contributed by atoms with E-state index in [1.807, 2.05) is 19.2 Å². The van der Waals surface area contributed by atoms with Gasteiger partial charge in [0.2, 0.25) is 5.91 Å². The fraction of sp³-hybridized carbons (Fsp3) is 0.316. The van der Waals surface area contributed by atoms with E-state index in [1.54, 1.807) is 0 Å². The zero-order valence-electron chi connectivity index (χ0n) is 14.8. The molecule has 2 aromatic heterocycles. The number of amides is 1. The van der Waals surface area contributed by atoms with Crippen molar-refractivity contribution in [3.63, 3.8) is 0 Å². The molecule has 1 aromatic carbocycles. The van der Waals surface area contributed by atoms with Crippen molar-refractivity contribution < 1.29 is 9.32 Å². The quantitative estimate of drug-likeness (QED) is 0.726. The third kappa shape index (κ3) is 3.96. The van der Waals surface area contributed by atoms with Gasteiger partial charge in [-0.1, -0.05) is 22.9 Å². The van der Waals surface area contributed by atoms with Crippen LogP contribution < -0.4 is 5.32 Å². The Morgan fingerprint density at radius 1 is 1.24 bits per heavy atom. The third-order valence-corrected chi connectivity index (χ3v) is 4.96. The van der Waals surface area contributed by atoms with Gasteiger partial charge in [-0.15, -0.1) is 11.3 Å². The summed E-state index contributed by atoms with van der Waals surface area (Å²) in [5.74, 6) is 0.721. The molecule has 130 valence electrons. The molecule has 0 atom stereocenters. The molecule has 0 aliphatic rings. The molecule has 0 spiro atoms. The molecule has 0 fully saturated rings. The van der Waals surface area contributed by atoms with Crippen molar-refractivity contribution in [3.8, 4) is 11.3 Å². The first-order chi connectivity index (χ1) is 11.9. The summed E-state index contributed by atoms with van der Waals surface area (Å²) in [5, 5.41) is 9.40. The van der Waals surface area contributed by atoms with Gasteiger partial charge in [0.15, 0.2) is 5.13 Å². The van der Waals surface area contributed by atoms with E-state index in [-0.39, 0.29) is 5.91 Å². The number of nitrogens with zero attached hydrogens (tertiary/aromatic N) is 2. The van der Waals surface area contributed by atoms with E-state index in [0.717, 1.165) is 28.3 Å². The highest BCUT2D eigenvalue weighted by atomic mass is 32.1. The van der Waals surface area contributed by atoms with Crippen LogP contribution in [0.25, 0.3) is 11.3 Å². The molecule has 0 aliphatic heterocycles. The van der Waals surface area contributed by atoms with Crippen LogP contribution in [0, 0.1) is 27.7 Å². The predicted octanol–water partition coefficient (Wildman–Crippen LogP) is 4.60. The van der Waals surface area contributed by atoms with Crippen molar-refractivity contribution in [2.75, 3.05) is 5.32 Å². The van der Waals surface area contributed by atoms with Crippen molar-refractivity contribution in [3.05, 3.63) is 51.7 Å². The first-order valence-corrected chi connectivity index (χ1v) is 9.06. The summed E-state index contributed by atoms with van der Waals surface area (Å²) in [5.41, 5.74) is 6.22. The molecule has 0 aliphatic carbocycles. The van der Waals surface area contributed by atoms with Gasteiger partial charge in [-0.3, -0.25) is 4.79 Å².